The van der Waals surface area contributed by atoms with E-state index in [0.29, 0.717) is 6.54 Å². The molecule has 1 N–H and O–H groups in total. The van der Waals surface area contributed by atoms with Gasteiger partial charge >= 0.3 is 0 Å². The second-order valence-corrected chi connectivity index (χ2v) is 7.27. The Morgan fingerprint density at radius 1 is 1.38 bits per heavy atom. The first-order chi connectivity index (χ1) is 11.6. The Morgan fingerprint density at radius 2 is 2.12 bits per heavy atom. The van der Waals surface area contributed by atoms with Gasteiger partial charge < -0.3 is 9.84 Å². The molecule has 2 aromatic rings. The SMILES string of the molecule is Cc1cc(CN2CCN(CC(=O)NC(C)c3cccs3)CC2)on1. The fraction of sp³-hybridized carbons (Fsp3) is 0.529. The zero-order valence-corrected chi connectivity index (χ0v) is 15.0. The summed E-state index contributed by atoms with van der Waals surface area (Å²) in [5.74, 6) is 0.999. The van der Waals surface area contributed by atoms with E-state index in [0.717, 1.165) is 44.2 Å². The number of hydrogen-bond donors (Lipinski definition) is 1. The van der Waals surface area contributed by atoms with Crippen molar-refractivity contribution in [3.8, 4) is 0 Å². The summed E-state index contributed by atoms with van der Waals surface area (Å²) in [6.07, 6.45) is 0. The summed E-state index contributed by atoms with van der Waals surface area (Å²) in [6.45, 7) is 8.88. The van der Waals surface area contributed by atoms with Gasteiger partial charge in [-0.2, -0.15) is 0 Å². The van der Waals surface area contributed by atoms with Gasteiger partial charge in [0.25, 0.3) is 0 Å². The Hall–Kier alpha value is -1.70. The van der Waals surface area contributed by atoms with Gasteiger partial charge in [0.1, 0.15) is 0 Å². The number of nitrogens with one attached hydrogen (secondary N) is 1. The summed E-state index contributed by atoms with van der Waals surface area (Å²) >= 11 is 1.67. The summed E-state index contributed by atoms with van der Waals surface area (Å²) < 4.78 is 5.27. The van der Waals surface area contributed by atoms with Crippen molar-refractivity contribution in [2.24, 2.45) is 0 Å². The van der Waals surface area contributed by atoms with E-state index in [1.54, 1.807) is 11.3 Å². The molecule has 1 aliphatic rings. The van der Waals surface area contributed by atoms with Crippen LogP contribution in [0.3, 0.4) is 0 Å². The number of aryl methyl sites for hydroxylation is 1. The molecule has 7 heteroatoms. The van der Waals surface area contributed by atoms with Crippen molar-refractivity contribution in [2.75, 3.05) is 32.7 Å². The molecule has 3 rings (SSSR count). The van der Waals surface area contributed by atoms with Crippen LogP contribution in [-0.2, 0) is 11.3 Å². The Kier molecular flexibility index (Phi) is 5.65. The lowest BCUT2D eigenvalue weighted by molar-refractivity contribution is -0.123. The predicted molar refractivity (Wildman–Crippen MR) is 93.8 cm³/mol. The molecule has 6 nitrogen and oxygen atoms in total. The number of piperazine rings is 1. The molecule has 0 aliphatic carbocycles. The van der Waals surface area contributed by atoms with Crippen LogP contribution in [0.15, 0.2) is 28.1 Å². The smallest absolute Gasteiger partial charge is 0.234 e. The van der Waals surface area contributed by atoms with Crippen LogP contribution in [-0.4, -0.2) is 53.6 Å². The number of amides is 1. The number of rotatable bonds is 6. The third-order valence-electron chi connectivity index (χ3n) is 4.24. The number of thiophene rings is 1. The van der Waals surface area contributed by atoms with E-state index in [-0.39, 0.29) is 11.9 Å². The third-order valence-corrected chi connectivity index (χ3v) is 5.29. The molecular formula is C17H24N4O2S. The molecule has 0 spiro atoms. The van der Waals surface area contributed by atoms with Crippen molar-refractivity contribution in [3.63, 3.8) is 0 Å². The highest BCUT2D eigenvalue weighted by molar-refractivity contribution is 7.10. The summed E-state index contributed by atoms with van der Waals surface area (Å²) in [5.41, 5.74) is 0.917. The van der Waals surface area contributed by atoms with Crippen molar-refractivity contribution in [1.29, 1.82) is 0 Å². The van der Waals surface area contributed by atoms with Crippen molar-refractivity contribution < 1.29 is 9.32 Å². The number of hydrogen-bond acceptors (Lipinski definition) is 6. The van der Waals surface area contributed by atoms with Crippen LogP contribution in [0.2, 0.25) is 0 Å². The van der Waals surface area contributed by atoms with Crippen molar-refractivity contribution in [2.45, 2.75) is 26.4 Å². The molecule has 3 heterocycles. The monoisotopic (exact) mass is 348 g/mol. The molecule has 2 aromatic heterocycles. The topological polar surface area (TPSA) is 61.6 Å². The van der Waals surface area contributed by atoms with E-state index in [9.17, 15) is 4.79 Å². The highest BCUT2D eigenvalue weighted by Gasteiger charge is 2.21. The van der Waals surface area contributed by atoms with Crippen LogP contribution >= 0.6 is 11.3 Å². The number of carbonyl (C=O) groups excluding carboxylic acids is 1. The highest BCUT2D eigenvalue weighted by atomic mass is 32.1. The molecule has 1 saturated heterocycles. The Balaban J connectivity index is 1.39. The van der Waals surface area contributed by atoms with Gasteiger partial charge in [0.15, 0.2) is 5.76 Å². The first kappa shape index (κ1) is 17.1. The van der Waals surface area contributed by atoms with E-state index < -0.39 is 0 Å². The van der Waals surface area contributed by atoms with Gasteiger partial charge in [-0.1, -0.05) is 11.2 Å². The molecule has 0 bridgehead atoms. The summed E-state index contributed by atoms with van der Waals surface area (Å²) in [6, 6.07) is 6.12. The number of nitrogens with zero attached hydrogens (tertiary/aromatic N) is 3. The van der Waals surface area contributed by atoms with Crippen LogP contribution in [0.25, 0.3) is 0 Å². The molecular weight excluding hydrogens is 324 g/mol. The summed E-state index contributed by atoms with van der Waals surface area (Å²) in [7, 11) is 0. The molecule has 1 atom stereocenters. The fourth-order valence-corrected chi connectivity index (χ4v) is 3.65. The number of aromatic nitrogens is 1. The van der Waals surface area contributed by atoms with E-state index in [4.69, 9.17) is 4.52 Å². The second kappa shape index (κ2) is 7.92. The number of carbonyl (C=O) groups is 1. The average Bonchev–Trinajstić information content (AvgIpc) is 3.21. The average molecular weight is 348 g/mol. The lowest BCUT2D eigenvalue weighted by Crippen LogP contribution is -2.49. The zero-order valence-electron chi connectivity index (χ0n) is 14.2. The van der Waals surface area contributed by atoms with Crippen LogP contribution in [0, 0.1) is 6.92 Å². The molecule has 0 radical (unpaired) electrons. The lowest BCUT2D eigenvalue weighted by Gasteiger charge is -2.33. The predicted octanol–water partition coefficient (Wildman–Crippen LogP) is 2.04. The maximum absolute atomic E-state index is 12.2. The molecule has 0 aromatic carbocycles. The summed E-state index contributed by atoms with van der Waals surface area (Å²) in [4.78, 5) is 17.9. The standard InChI is InChI=1S/C17H24N4O2S/c1-13-10-15(23-19-13)11-20-5-7-21(8-6-20)12-17(22)18-14(2)16-4-3-9-24-16/h3-4,9-10,14H,5-8,11-12H2,1-2H3,(H,18,22). The normalized spacial score (nSPS) is 17.8. The third kappa shape index (κ3) is 4.66. The molecule has 1 amide bonds. The van der Waals surface area contributed by atoms with Crippen molar-refractivity contribution in [3.05, 3.63) is 39.9 Å². The van der Waals surface area contributed by atoms with Gasteiger partial charge in [0.05, 0.1) is 24.8 Å². The van der Waals surface area contributed by atoms with Gasteiger partial charge in [0, 0.05) is 37.1 Å². The first-order valence-electron chi connectivity index (χ1n) is 8.30. The maximum atomic E-state index is 12.2. The summed E-state index contributed by atoms with van der Waals surface area (Å²) in [5, 5.41) is 9.03. The van der Waals surface area contributed by atoms with Crippen LogP contribution in [0.5, 0.6) is 0 Å². The molecule has 0 saturated carbocycles. The molecule has 24 heavy (non-hydrogen) atoms. The molecule has 1 unspecified atom stereocenters. The Bertz CT molecular complexity index is 647. The lowest BCUT2D eigenvalue weighted by atomic mass is 10.2. The largest absolute Gasteiger partial charge is 0.360 e. The van der Waals surface area contributed by atoms with Crippen molar-refractivity contribution in [1.82, 2.24) is 20.3 Å². The zero-order chi connectivity index (χ0) is 16.9. The fourth-order valence-electron chi connectivity index (χ4n) is 2.92. The molecule has 1 fully saturated rings. The van der Waals surface area contributed by atoms with Crippen LogP contribution in [0.1, 0.15) is 29.3 Å². The highest BCUT2D eigenvalue weighted by Crippen LogP contribution is 2.18. The van der Waals surface area contributed by atoms with Gasteiger partial charge in [-0.3, -0.25) is 14.6 Å². The van der Waals surface area contributed by atoms with E-state index in [2.05, 4.69) is 26.3 Å². The quantitative estimate of drug-likeness (QED) is 0.866. The Morgan fingerprint density at radius 3 is 2.75 bits per heavy atom. The minimum Gasteiger partial charge on any atom is -0.360 e. The molecule has 1 aliphatic heterocycles. The molecule has 130 valence electrons. The van der Waals surface area contributed by atoms with Gasteiger partial charge in [-0.25, -0.2) is 0 Å². The van der Waals surface area contributed by atoms with E-state index >= 15 is 0 Å². The minimum absolute atomic E-state index is 0.0773. The maximum Gasteiger partial charge on any atom is 0.234 e. The van der Waals surface area contributed by atoms with Gasteiger partial charge in [-0.15, -0.1) is 11.3 Å². The first-order valence-corrected chi connectivity index (χ1v) is 9.18. The van der Waals surface area contributed by atoms with Crippen LogP contribution in [0.4, 0.5) is 0 Å². The minimum atomic E-state index is 0.0773. The van der Waals surface area contributed by atoms with Crippen LogP contribution < -0.4 is 5.32 Å². The van der Waals surface area contributed by atoms with Crippen molar-refractivity contribution >= 4 is 17.2 Å². The Labute approximate surface area is 146 Å². The van der Waals surface area contributed by atoms with Gasteiger partial charge in [0.2, 0.25) is 5.91 Å². The van der Waals surface area contributed by atoms with E-state index in [1.807, 2.05) is 31.4 Å². The van der Waals surface area contributed by atoms with E-state index in [1.165, 1.54) is 4.88 Å². The second-order valence-electron chi connectivity index (χ2n) is 6.29. The van der Waals surface area contributed by atoms with Gasteiger partial charge in [-0.05, 0) is 25.3 Å².